The van der Waals surface area contributed by atoms with Gasteiger partial charge in [-0.25, -0.2) is 4.79 Å². The van der Waals surface area contributed by atoms with Gasteiger partial charge in [0.05, 0.1) is 12.1 Å². The number of benzene rings is 1. The van der Waals surface area contributed by atoms with Gasteiger partial charge in [0.1, 0.15) is 5.75 Å². The maximum Gasteiger partial charge on any atom is 0.319 e. The van der Waals surface area contributed by atoms with E-state index in [0.717, 1.165) is 12.8 Å². The molecule has 5 heteroatoms. The maximum absolute atomic E-state index is 12.0. The molecular formula is C15H21ClN2O2. The van der Waals surface area contributed by atoms with E-state index in [-0.39, 0.29) is 12.1 Å². The molecule has 1 aliphatic carbocycles. The fraction of sp³-hybridized carbons (Fsp3) is 0.533. The van der Waals surface area contributed by atoms with Crippen LogP contribution in [0.15, 0.2) is 18.2 Å². The molecule has 0 atom stereocenters. The van der Waals surface area contributed by atoms with Gasteiger partial charge >= 0.3 is 6.03 Å². The molecule has 0 unspecified atom stereocenters. The van der Waals surface area contributed by atoms with Gasteiger partial charge in [-0.05, 0) is 31.0 Å². The second-order valence-corrected chi connectivity index (χ2v) is 5.54. The number of hydrogen-bond donors (Lipinski definition) is 2. The van der Waals surface area contributed by atoms with Gasteiger partial charge in [0.2, 0.25) is 0 Å². The molecule has 0 saturated heterocycles. The molecule has 0 radical (unpaired) electrons. The first-order valence-electron chi connectivity index (χ1n) is 7.10. The number of rotatable bonds is 3. The molecule has 0 aromatic heterocycles. The molecule has 2 N–H and O–H groups in total. The molecule has 0 heterocycles. The number of nitrogens with one attached hydrogen (secondary N) is 2. The van der Waals surface area contributed by atoms with Gasteiger partial charge in [0, 0.05) is 11.7 Å². The highest BCUT2D eigenvalue weighted by Gasteiger charge is 2.14. The second-order valence-electron chi connectivity index (χ2n) is 5.14. The van der Waals surface area contributed by atoms with Crippen LogP contribution in [-0.4, -0.2) is 19.2 Å². The Hall–Kier alpha value is -1.42. The van der Waals surface area contributed by atoms with Crippen LogP contribution in [0.1, 0.15) is 38.5 Å². The summed E-state index contributed by atoms with van der Waals surface area (Å²) in [7, 11) is 1.56. The molecule has 0 spiro atoms. The second kappa shape index (κ2) is 7.39. The summed E-state index contributed by atoms with van der Waals surface area (Å²) >= 11 is 6.03. The van der Waals surface area contributed by atoms with Crippen molar-refractivity contribution in [3.8, 4) is 5.75 Å². The molecule has 2 amide bonds. The Morgan fingerprint density at radius 1 is 1.25 bits per heavy atom. The monoisotopic (exact) mass is 296 g/mol. The number of amides is 2. The van der Waals surface area contributed by atoms with Crippen LogP contribution in [0.4, 0.5) is 10.5 Å². The highest BCUT2D eigenvalue weighted by Crippen LogP contribution is 2.27. The Bertz CT molecular complexity index is 457. The topological polar surface area (TPSA) is 50.4 Å². The zero-order valence-corrected chi connectivity index (χ0v) is 12.5. The first-order valence-corrected chi connectivity index (χ1v) is 7.48. The molecule has 1 aromatic carbocycles. The lowest BCUT2D eigenvalue weighted by Gasteiger charge is -2.17. The van der Waals surface area contributed by atoms with Gasteiger partial charge in [0.15, 0.2) is 0 Å². The van der Waals surface area contributed by atoms with E-state index < -0.39 is 0 Å². The summed E-state index contributed by atoms with van der Waals surface area (Å²) in [6, 6.07) is 5.32. The molecule has 1 fully saturated rings. The van der Waals surface area contributed by atoms with E-state index >= 15 is 0 Å². The first-order chi connectivity index (χ1) is 9.69. The maximum atomic E-state index is 12.0. The minimum absolute atomic E-state index is 0.168. The van der Waals surface area contributed by atoms with E-state index in [1.807, 2.05) is 0 Å². The van der Waals surface area contributed by atoms with Crippen LogP contribution in [0.25, 0.3) is 0 Å². The van der Waals surface area contributed by atoms with Crippen molar-refractivity contribution >= 4 is 23.3 Å². The molecule has 110 valence electrons. The van der Waals surface area contributed by atoms with E-state index in [4.69, 9.17) is 16.3 Å². The summed E-state index contributed by atoms with van der Waals surface area (Å²) in [5.74, 6) is 0.599. The van der Waals surface area contributed by atoms with E-state index in [9.17, 15) is 4.79 Å². The van der Waals surface area contributed by atoms with E-state index in [0.29, 0.717) is 16.5 Å². The summed E-state index contributed by atoms with van der Waals surface area (Å²) in [5.41, 5.74) is 0.668. The van der Waals surface area contributed by atoms with Gasteiger partial charge in [-0.1, -0.05) is 37.3 Å². The number of anilines is 1. The van der Waals surface area contributed by atoms with Crippen molar-refractivity contribution in [1.82, 2.24) is 5.32 Å². The van der Waals surface area contributed by atoms with Crippen LogP contribution in [0.5, 0.6) is 5.75 Å². The Kier molecular flexibility index (Phi) is 5.53. The Balaban J connectivity index is 1.88. The van der Waals surface area contributed by atoms with Gasteiger partial charge in [-0.15, -0.1) is 0 Å². The Labute approximate surface area is 124 Å². The van der Waals surface area contributed by atoms with Crippen molar-refractivity contribution in [2.75, 3.05) is 12.4 Å². The third-order valence-corrected chi connectivity index (χ3v) is 3.90. The highest BCUT2D eigenvalue weighted by atomic mass is 35.5. The molecule has 1 aliphatic rings. The molecule has 1 aromatic rings. The van der Waals surface area contributed by atoms with E-state index in [2.05, 4.69) is 10.6 Å². The molecule has 0 bridgehead atoms. The predicted octanol–water partition coefficient (Wildman–Crippen LogP) is 4.19. The summed E-state index contributed by atoms with van der Waals surface area (Å²) < 4.78 is 5.08. The first kappa shape index (κ1) is 15.0. The van der Waals surface area contributed by atoms with Gasteiger partial charge < -0.3 is 15.4 Å². The zero-order chi connectivity index (χ0) is 14.4. The molecular weight excluding hydrogens is 276 g/mol. The molecule has 1 saturated carbocycles. The molecule has 2 rings (SSSR count). The summed E-state index contributed by atoms with van der Waals surface area (Å²) in [6.07, 6.45) is 7.06. The van der Waals surface area contributed by atoms with E-state index in [1.54, 1.807) is 25.3 Å². The summed E-state index contributed by atoms with van der Waals surface area (Å²) in [5, 5.41) is 6.33. The van der Waals surface area contributed by atoms with Gasteiger partial charge in [0.25, 0.3) is 0 Å². The highest BCUT2D eigenvalue weighted by molar-refractivity contribution is 6.32. The molecule has 20 heavy (non-hydrogen) atoms. The largest absolute Gasteiger partial charge is 0.495 e. The predicted molar refractivity (Wildman–Crippen MR) is 81.6 cm³/mol. The Morgan fingerprint density at radius 2 is 1.95 bits per heavy atom. The average Bonchev–Trinajstić information content (AvgIpc) is 2.67. The van der Waals surface area contributed by atoms with Crippen molar-refractivity contribution < 1.29 is 9.53 Å². The van der Waals surface area contributed by atoms with Gasteiger partial charge in [-0.3, -0.25) is 0 Å². The minimum atomic E-state index is -0.168. The third kappa shape index (κ3) is 4.30. The van der Waals surface area contributed by atoms with Crippen LogP contribution >= 0.6 is 11.6 Å². The van der Waals surface area contributed by atoms with Crippen LogP contribution in [0, 0.1) is 0 Å². The van der Waals surface area contributed by atoms with Crippen LogP contribution < -0.4 is 15.4 Å². The number of ether oxygens (including phenoxy) is 1. The lowest BCUT2D eigenvalue weighted by Crippen LogP contribution is -2.37. The fourth-order valence-electron chi connectivity index (χ4n) is 2.52. The number of halogens is 1. The smallest absolute Gasteiger partial charge is 0.319 e. The SMILES string of the molecule is COc1ccc(NC(=O)NC2CCCCCC2)cc1Cl. The van der Waals surface area contributed by atoms with E-state index in [1.165, 1.54) is 25.7 Å². The van der Waals surface area contributed by atoms with Crippen molar-refractivity contribution in [2.45, 2.75) is 44.6 Å². The summed E-state index contributed by atoms with van der Waals surface area (Å²) in [6.45, 7) is 0. The van der Waals surface area contributed by atoms with Crippen LogP contribution in [0.2, 0.25) is 5.02 Å². The molecule has 0 aliphatic heterocycles. The third-order valence-electron chi connectivity index (χ3n) is 3.60. The number of hydrogen-bond acceptors (Lipinski definition) is 2. The van der Waals surface area contributed by atoms with Crippen LogP contribution in [0.3, 0.4) is 0 Å². The van der Waals surface area contributed by atoms with Crippen molar-refractivity contribution in [2.24, 2.45) is 0 Å². The van der Waals surface area contributed by atoms with Gasteiger partial charge in [-0.2, -0.15) is 0 Å². The quantitative estimate of drug-likeness (QED) is 0.822. The number of methoxy groups -OCH3 is 1. The lowest BCUT2D eigenvalue weighted by molar-refractivity contribution is 0.247. The Morgan fingerprint density at radius 3 is 2.55 bits per heavy atom. The lowest BCUT2D eigenvalue weighted by atomic mass is 10.1. The summed E-state index contributed by atoms with van der Waals surface area (Å²) in [4.78, 5) is 12.0. The van der Waals surface area contributed by atoms with Crippen molar-refractivity contribution in [1.29, 1.82) is 0 Å². The average molecular weight is 297 g/mol. The van der Waals surface area contributed by atoms with Crippen molar-refractivity contribution in [3.05, 3.63) is 23.2 Å². The zero-order valence-electron chi connectivity index (χ0n) is 11.7. The number of urea groups is 1. The minimum Gasteiger partial charge on any atom is -0.495 e. The normalized spacial score (nSPS) is 16.3. The standard InChI is InChI=1S/C15H21ClN2O2/c1-20-14-9-8-12(10-13(14)16)18-15(19)17-11-6-4-2-3-5-7-11/h8-11H,2-7H2,1H3,(H2,17,18,19). The number of carbonyl (C=O) groups is 1. The van der Waals surface area contributed by atoms with Crippen molar-refractivity contribution in [3.63, 3.8) is 0 Å². The fourth-order valence-corrected chi connectivity index (χ4v) is 2.78. The number of carbonyl (C=O) groups excluding carboxylic acids is 1. The van der Waals surface area contributed by atoms with Crippen LogP contribution in [-0.2, 0) is 0 Å². The molecule has 4 nitrogen and oxygen atoms in total.